The molecule has 0 aliphatic carbocycles. The van der Waals surface area contributed by atoms with Crippen LogP contribution in [0.25, 0.3) is 32.7 Å². The summed E-state index contributed by atoms with van der Waals surface area (Å²) in [7, 11) is -2.29. The van der Waals surface area contributed by atoms with Crippen LogP contribution in [0.1, 0.15) is 22.3 Å². The Morgan fingerprint density at radius 3 is 1.07 bits per heavy atom. The Balaban J connectivity index is 1.40. The molecule has 0 saturated heterocycles. The van der Waals surface area contributed by atoms with E-state index in [1.54, 1.807) is 24.3 Å². The number of hydrogen-bond donors (Lipinski definition) is 2. The van der Waals surface area contributed by atoms with E-state index in [1.165, 1.54) is 0 Å². The van der Waals surface area contributed by atoms with Crippen LogP contribution in [0.3, 0.4) is 0 Å². The van der Waals surface area contributed by atoms with Crippen molar-refractivity contribution in [2.24, 2.45) is 0 Å². The molecule has 0 unspecified atom stereocenters. The Morgan fingerprint density at radius 2 is 0.673 bits per heavy atom. The molecular weight excluding hydrogens is 689 g/mol. The summed E-state index contributed by atoms with van der Waals surface area (Å²) in [6.45, 7) is 0. The van der Waals surface area contributed by atoms with E-state index in [2.05, 4.69) is 157 Å². The Labute approximate surface area is 322 Å². The minimum atomic E-state index is -2.29. The van der Waals surface area contributed by atoms with Gasteiger partial charge < -0.3 is 10.2 Å². The Hall–Kier alpha value is -7.17. The molecule has 0 spiro atoms. The summed E-state index contributed by atoms with van der Waals surface area (Å²) >= 11 is 0. The summed E-state index contributed by atoms with van der Waals surface area (Å²) in [6, 6.07) is 65.8. The zero-order valence-electron chi connectivity index (χ0n) is 29.8. The Kier molecular flexibility index (Phi) is 8.77. The van der Waals surface area contributed by atoms with E-state index in [0.717, 1.165) is 74.5 Å². The highest BCUT2D eigenvalue weighted by Gasteiger charge is 2.45. The smallest absolute Gasteiger partial charge is 0.116 e. The first kappa shape index (κ1) is 33.7. The molecule has 2 nitrogen and oxygen atoms in total. The SMILES string of the molecule is Oc1ccc2cc(C#CC3=C(c4ccccc4)C(c4ccccc4)=C(C#Cc4ccc5cc(O)ccc5c4)S3(c3ccccc3)c3ccccc3)ccc2c1. The molecule has 0 saturated carbocycles. The van der Waals surface area contributed by atoms with Gasteiger partial charge >= 0.3 is 0 Å². The number of benzene rings is 8. The van der Waals surface area contributed by atoms with Crippen molar-refractivity contribution in [1.82, 2.24) is 0 Å². The van der Waals surface area contributed by atoms with Gasteiger partial charge in [-0.15, -0.1) is 10.0 Å². The van der Waals surface area contributed by atoms with Crippen LogP contribution in [0.15, 0.2) is 214 Å². The molecule has 8 aromatic carbocycles. The molecule has 3 heteroatoms. The lowest BCUT2D eigenvalue weighted by molar-refractivity contribution is 0.475. The topological polar surface area (TPSA) is 40.5 Å². The standard InChI is InChI=1S/C52H34O2S/c53-45-29-27-41-33-37(21-25-43(41)35-45)23-31-49-51(39-13-5-1-6-14-39)52(40-15-7-2-8-16-40)50(32-24-38-22-26-44-36-46(54)30-28-42(44)34-38)55(49,47-17-9-3-10-18-47)48-19-11-4-12-20-48/h1-22,25-30,33-36,53-54H. The van der Waals surface area contributed by atoms with Gasteiger partial charge in [0.25, 0.3) is 0 Å². The summed E-state index contributed by atoms with van der Waals surface area (Å²) in [5.41, 5.74) is 6.07. The fraction of sp³-hybridized carbons (Fsp3) is 0. The molecule has 0 atom stereocenters. The first-order valence-corrected chi connectivity index (χ1v) is 19.7. The normalized spacial score (nSPS) is 13.9. The fourth-order valence-corrected chi connectivity index (χ4v) is 11.4. The van der Waals surface area contributed by atoms with Crippen molar-refractivity contribution in [3.63, 3.8) is 0 Å². The van der Waals surface area contributed by atoms with Crippen molar-refractivity contribution < 1.29 is 10.2 Å². The second-order valence-corrected chi connectivity index (χ2v) is 16.4. The van der Waals surface area contributed by atoms with Crippen LogP contribution in [0, 0.1) is 23.7 Å². The lowest BCUT2D eigenvalue weighted by Gasteiger charge is -2.39. The maximum atomic E-state index is 10.1. The highest BCUT2D eigenvalue weighted by Crippen LogP contribution is 2.79. The summed E-state index contributed by atoms with van der Waals surface area (Å²) in [5.74, 6) is 15.5. The van der Waals surface area contributed by atoms with Crippen LogP contribution in [0.5, 0.6) is 11.5 Å². The van der Waals surface area contributed by atoms with Crippen LogP contribution >= 0.6 is 10.0 Å². The summed E-state index contributed by atoms with van der Waals surface area (Å²) < 4.78 is 0. The van der Waals surface area contributed by atoms with Crippen LogP contribution in [0.4, 0.5) is 0 Å². The van der Waals surface area contributed by atoms with E-state index in [0.29, 0.717) is 0 Å². The van der Waals surface area contributed by atoms with Gasteiger partial charge in [0.15, 0.2) is 0 Å². The van der Waals surface area contributed by atoms with Crippen molar-refractivity contribution in [2.75, 3.05) is 0 Å². The van der Waals surface area contributed by atoms with Gasteiger partial charge in [-0.3, -0.25) is 0 Å². The van der Waals surface area contributed by atoms with E-state index >= 15 is 0 Å². The second kappa shape index (κ2) is 14.3. The molecule has 1 aliphatic heterocycles. The third kappa shape index (κ3) is 6.24. The largest absolute Gasteiger partial charge is 0.508 e. The average Bonchev–Trinajstić information content (AvgIpc) is 3.54. The zero-order chi connectivity index (χ0) is 37.2. The van der Waals surface area contributed by atoms with Gasteiger partial charge in [-0.25, -0.2) is 0 Å². The maximum absolute atomic E-state index is 10.1. The fourth-order valence-electron chi connectivity index (χ4n) is 7.41. The van der Waals surface area contributed by atoms with Crippen molar-refractivity contribution in [3.8, 4) is 35.2 Å². The molecule has 1 heterocycles. The van der Waals surface area contributed by atoms with Crippen LogP contribution in [0.2, 0.25) is 0 Å². The molecule has 0 amide bonds. The van der Waals surface area contributed by atoms with Gasteiger partial charge in [-0.05, 0) is 105 Å². The minimum absolute atomic E-state index is 0.241. The van der Waals surface area contributed by atoms with E-state index in [9.17, 15) is 10.2 Å². The van der Waals surface area contributed by atoms with E-state index in [1.807, 2.05) is 36.4 Å². The van der Waals surface area contributed by atoms with Gasteiger partial charge in [-0.2, -0.15) is 0 Å². The highest BCUT2D eigenvalue weighted by molar-refractivity contribution is 8.40. The quantitative estimate of drug-likeness (QED) is 0.178. The number of phenolic OH excluding ortho intramolecular Hbond substituents is 2. The summed E-state index contributed by atoms with van der Waals surface area (Å²) in [5, 5.41) is 24.2. The Morgan fingerprint density at radius 1 is 0.327 bits per heavy atom. The van der Waals surface area contributed by atoms with E-state index in [-0.39, 0.29) is 11.5 Å². The molecule has 0 bridgehead atoms. The molecule has 260 valence electrons. The molecule has 0 radical (unpaired) electrons. The number of hydrogen-bond acceptors (Lipinski definition) is 2. The van der Waals surface area contributed by atoms with Crippen molar-refractivity contribution in [1.29, 1.82) is 0 Å². The average molecular weight is 723 g/mol. The van der Waals surface area contributed by atoms with Crippen molar-refractivity contribution in [2.45, 2.75) is 9.79 Å². The predicted molar refractivity (Wildman–Crippen MR) is 229 cm³/mol. The van der Waals surface area contributed by atoms with E-state index in [4.69, 9.17) is 0 Å². The molecule has 2 N–H and O–H groups in total. The molecule has 0 aromatic heterocycles. The monoisotopic (exact) mass is 722 g/mol. The number of phenols is 2. The van der Waals surface area contributed by atoms with Crippen molar-refractivity contribution >= 4 is 42.7 Å². The number of allylic oxidation sites excluding steroid dienone is 4. The van der Waals surface area contributed by atoms with Crippen LogP contribution < -0.4 is 0 Å². The molecule has 9 rings (SSSR count). The van der Waals surface area contributed by atoms with E-state index < -0.39 is 10.0 Å². The third-order valence-electron chi connectivity index (χ3n) is 9.92. The first-order chi connectivity index (χ1) is 27.1. The zero-order valence-corrected chi connectivity index (χ0v) is 30.6. The van der Waals surface area contributed by atoms with Gasteiger partial charge in [0.1, 0.15) is 11.5 Å². The second-order valence-electron chi connectivity index (χ2n) is 13.4. The number of fused-ring (bicyclic) bond motifs is 2. The molecule has 1 aliphatic rings. The molecule has 55 heavy (non-hydrogen) atoms. The van der Waals surface area contributed by atoms with Gasteiger partial charge in [0, 0.05) is 32.1 Å². The highest BCUT2D eigenvalue weighted by atomic mass is 32.3. The Bertz CT molecular complexity index is 2720. The molecule has 0 fully saturated rings. The third-order valence-corrected chi connectivity index (χ3v) is 13.7. The van der Waals surface area contributed by atoms with Gasteiger partial charge in [0.2, 0.25) is 0 Å². The molecular formula is C52H34O2S. The molecule has 8 aromatic rings. The maximum Gasteiger partial charge on any atom is 0.116 e. The lowest BCUT2D eigenvalue weighted by atomic mass is 9.91. The summed E-state index contributed by atoms with van der Waals surface area (Å²) in [4.78, 5) is 4.35. The van der Waals surface area contributed by atoms with Gasteiger partial charge in [0.05, 0.1) is 9.81 Å². The van der Waals surface area contributed by atoms with Crippen molar-refractivity contribution in [3.05, 3.63) is 226 Å². The first-order valence-electron chi connectivity index (χ1n) is 18.1. The number of aromatic hydroxyl groups is 2. The van der Waals surface area contributed by atoms with Crippen LogP contribution in [-0.2, 0) is 0 Å². The van der Waals surface area contributed by atoms with Gasteiger partial charge in [-0.1, -0.05) is 145 Å². The summed E-state index contributed by atoms with van der Waals surface area (Å²) in [6.07, 6.45) is 0. The van der Waals surface area contributed by atoms with Crippen LogP contribution in [-0.4, -0.2) is 10.2 Å². The minimum Gasteiger partial charge on any atom is -0.508 e. The predicted octanol–water partition coefficient (Wildman–Crippen LogP) is 12.6. The number of rotatable bonds is 4. The lowest BCUT2D eigenvalue weighted by Crippen LogP contribution is -2.05.